The van der Waals surface area contributed by atoms with Gasteiger partial charge in [-0.3, -0.25) is 4.79 Å². The molecule has 0 radical (unpaired) electrons. The van der Waals surface area contributed by atoms with Crippen LogP contribution in [0.15, 0.2) is 23.1 Å². The molecule has 0 spiro atoms. The molecule has 2 aliphatic rings. The smallest absolute Gasteiger partial charge is 0.246 e. The van der Waals surface area contributed by atoms with E-state index in [2.05, 4.69) is 5.32 Å². The number of halogens is 2. The Hall–Kier alpha value is -1.18. The SMILES string of the molecule is O=C(NC1CCCN(S(=O)(=O)c2cc(Cl)ccc2F)C1)C1CCCCC1. The first-order valence-corrected chi connectivity index (χ1v) is 11.0. The number of piperidine rings is 1. The van der Waals surface area contributed by atoms with Crippen molar-refractivity contribution < 1.29 is 17.6 Å². The lowest BCUT2D eigenvalue weighted by atomic mass is 9.88. The van der Waals surface area contributed by atoms with Crippen LogP contribution in [0.3, 0.4) is 0 Å². The molecule has 1 N–H and O–H groups in total. The minimum Gasteiger partial charge on any atom is -0.352 e. The normalized spacial score (nSPS) is 22.9. The Morgan fingerprint density at radius 3 is 2.62 bits per heavy atom. The molecule has 1 unspecified atom stereocenters. The lowest BCUT2D eigenvalue weighted by Crippen LogP contribution is -2.50. The fraction of sp³-hybridized carbons (Fsp3) is 0.611. The van der Waals surface area contributed by atoms with E-state index in [0.717, 1.165) is 44.2 Å². The van der Waals surface area contributed by atoms with Crippen LogP contribution in [0.2, 0.25) is 5.02 Å². The first-order valence-electron chi connectivity index (χ1n) is 9.13. The van der Waals surface area contributed by atoms with Crippen molar-refractivity contribution in [2.24, 2.45) is 5.92 Å². The predicted octanol–water partition coefficient (Wildman–Crippen LogP) is 3.33. The van der Waals surface area contributed by atoms with Crippen LogP contribution in [0.1, 0.15) is 44.9 Å². The van der Waals surface area contributed by atoms with Gasteiger partial charge in [-0.2, -0.15) is 4.31 Å². The molecule has 1 aromatic rings. The maximum absolute atomic E-state index is 14.0. The first-order chi connectivity index (χ1) is 12.4. The predicted molar refractivity (Wildman–Crippen MR) is 97.9 cm³/mol. The first kappa shape index (κ1) is 19.6. The Balaban J connectivity index is 1.69. The van der Waals surface area contributed by atoms with E-state index >= 15 is 0 Å². The van der Waals surface area contributed by atoms with Crippen molar-refractivity contribution >= 4 is 27.5 Å². The number of nitrogens with one attached hydrogen (secondary N) is 1. The van der Waals surface area contributed by atoms with Gasteiger partial charge in [0.2, 0.25) is 15.9 Å². The number of hydrogen-bond donors (Lipinski definition) is 1. The number of carbonyl (C=O) groups excluding carboxylic acids is 1. The van der Waals surface area contributed by atoms with Gasteiger partial charge in [-0.05, 0) is 43.9 Å². The molecule has 2 fully saturated rings. The van der Waals surface area contributed by atoms with E-state index in [1.54, 1.807) is 0 Å². The molecule has 3 rings (SSSR count). The van der Waals surface area contributed by atoms with E-state index in [9.17, 15) is 17.6 Å². The lowest BCUT2D eigenvalue weighted by molar-refractivity contribution is -0.126. The van der Waals surface area contributed by atoms with Crippen LogP contribution >= 0.6 is 11.6 Å². The largest absolute Gasteiger partial charge is 0.352 e. The molecule has 26 heavy (non-hydrogen) atoms. The highest BCUT2D eigenvalue weighted by molar-refractivity contribution is 7.89. The van der Waals surface area contributed by atoms with Crippen LogP contribution < -0.4 is 5.32 Å². The number of rotatable bonds is 4. The average molecular weight is 403 g/mol. The molecule has 1 aliphatic heterocycles. The van der Waals surface area contributed by atoms with Gasteiger partial charge in [0, 0.05) is 30.1 Å². The molecule has 1 saturated carbocycles. The number of benzene rings is 1. The maximum atomic E-state index is 14.0. The molecule has 8 heteroatoms. The second-order valence-corrected chi connectivity index (χ2v) is 9.46. The van der Waals surface area contributed by atoms with E-state index in [4.69, 9.17) is 11.6 Å². The number of nitrogens with zero attached hydrogens (tertiary/aromatic N) is 1. The van der Waals surface area contributed by atoms with Crippen LogP contribution in [0.5, 0.6) is 0 Å². The summed E-state index contributed by atoms with van der Waals surface area (Å²) in [5.74, 6) is -0.772. The monoisotopic (exact) mass is 402 g/mol. The van der Waals surface area contributed by atoms with Gasteiger partial charge in [-0.25, -0.2) is 12.8 Å². The Bertz CT molecular complexity index is 766. The van der Waals surface area contributed by atoms with E-state index in [1.807, 2.05) is 0 Å². The minimum atomic E-state index is -3.99. The summed E-state index contributed by atoms with van der Waals surface area (Å²) in [5.41, 5.74) is 0. The van der Waals surface area contributed by atoms with Crippen molar-refractivity contribution in [2.75, 3.05) is 13.1 Å². The minimum absolute atomic E-state index is 0.0166. The molecule has 5 nitrogen and oxygen atoms in total. The zero-order valence-corrected chi connectivity index (χ0v) is 16.2. The number of sulfonamides is 1. The highest BCUT2D eigenvalue weighted by Crippen LogP contribution is 2.27. The summed E-state index contributed by atoms with van der Waals surface area (Å²) >= 11 is 5.84. The molecule has 1 saturated heterocycles. The fourth-order valence-electron chi connectivity index (χ4n) is 3.78. The average Bonchev–Trinajstić information content (AvgIpc) is 2.64. The second-order valence-electron chi connectivity index (χ2n) is 7.12. The Morgan fingerprint density at radius 2 is 1.88 bits per heavy atom. The van der Waals surface area contributed by atoms with Crippen LogP contribution in [-0.4, -0.2) is 37.8 Å². The van der Waals surface area contributed by atoms with Gasteiger partial charge in [-0.1, -0.05) is 30.9 Å². The molecule has 1 aromatic carbocycles. The summed E-state index contributed by atoms with van der Waals surface area (Å²) in [4.78, 5) is 12.0. The molecule has 1 atom stereocenters. The van der Waals surface area contributed by atoms with Crippen molar-refractivity contribution in [3.05, 3.63) is 29.0 Å². The molecule has 0 bridgehead atoms. The summed E-state index contributed by atoms with van der Waals surface area (Å²) in [6.07, 6.45) is 6.45. The van der Waals surface area contributed by atoms with Crippen molar-refractivity contribution in [3.8, 4) is 0 Å². The van der Waals surface area contributed by atoms with E-state index < -0.39 is 20.7 Å². The Morgan fingerprint density at radius 1 is 1.15 bits per heavy atom. The van der Waals surface area contributed by atoms with Crippen molar-refractivity contribution in [2.45, 2.75) is 55.9 Å². The lowest BCUT2D eigenvalue weighted by Gasteiger charge is -2.33. The van der Waals surface area contributed by atoms with Gasteiger partial charge < -0.3 is 5.32 Å². The van der Waals surface area contributed by atoms with Crippen molar-refractivity contribution in [3.63, 3.8) is 0 Å². The third-order valence-corrected chi connectivity index (χ3v) is 7.33. The van der Waals surface area contributed by atoms with Gasteiger partial charge in [0.15, 0.2) is 0 Å². The molecule has 1 amide bonds. The second kappa shape index (κ2) is 8.23. The van der Waals surface area contributed by atoms with Gasteiger partial charge in [0.25, 0.3) is 0 Å². The summed E-state index contributed by atoms with van der Waals surface area (Å²) in [5, 5.41) is 3.17. The molecular formula is C18H24ClFN2O3S. The molecule has 1 heterocycles. The van der Waals surface area contributed by atoms with E-state index in [0.29, 0.717) is 13.0 Å². The summed E-state index contributed by atoms with van der Waals surface area (Å²) in [6, 6.07) is 3.27. The van der Waals surface area contributed by atoms with Gasteiger partial charge in [-0.15, -0.1) is 0 Å². The van der Waals surface area contributed by atoms with Crippen LogP contribution in [-0.2, 0) is 14.8 Å². The van der Waals surface area contributed by atoms with Gasteiger partial charge in [0.05, 0.1) is 0 Å². The Kier molecular flexibility index (Phi) is 6.20. The maximum Gasteiger partial charge on any atom is 0.246 e. The quantitative estimate of drug-likeness (QED) is 0.840. The fourth-order valence-corrected chi connectivity index (χ4v) is 5.63. The highest BCUT2D eigenvalue weighted by Gasteiger charge is 2.33. The zero-order valence-electron chi connectivity index (χ0n) is 14.6. The van der Waals surface area contributed by atoms with Crippen LogP contribution in [0, 0.1) is 11.7 Å². The molecule has 144 valence electrons. The zero-order chi connectivity index (χ0) is 18.7. The third kappa shape index (κ3) is 4.38. The van der Waals surface area contributed by atoms with Crippen molar-refractivity contribution in [1.82, 2.24) is 9.62 Å². The van der Waals surface area contributed by atoms with Crippen LogP contribution in [0.4, 0.5) is 4.39 Å². The molecular weight excluding hydrogens is 379 g/mol. The summed E-state index contributed by atoms with van der Waals surface area (Å²) in [7, 11) is -3.99. The molecule has 0 aromatic heterocycles. The summed E-state index contributed by atoms with van der Waals surface area (Å²) in [6.45, 7) is 0.469. The highest BCUT2D eigenvalue weighted by atomic mass is 35.5. The number of amides is 1. The molecule has 1 aliphatic carbocycles. The van der Waals surface area contributed by atoms with Gasteiger partial charge in [0.1, 0.15) is 10.7 Å². The Labute approximate surface area is 158 Å². The van der Waals surface area contributed by atoms with Gasteiger partial charge >= 0.3 is 0 Å². The van der Waals surface area contributed by atoms with Crippen LogP contribution in [0.25, 0.3) is 0 Å². The third-order valence-electron chi connectivity index (χ3n) is 5.22. The summed E-state index contributed by atoms with van der Waals surface area (Å²) < 4.78 is 40.9. The van der Waals surface area contributed by atoms with E-state index in [-0.39, 0.29) is 29.4 Å². The number of carbonyl (C=O) groups is 1. The van der Waals surface area contributed by atoms with E-state index in [1.165, 1.54) is 16.8 Å². The standard InChI is InChI=1S/C18H24ClFN2O3S/c19-14-8-9-16(20)17(11-14)26(24,25)22-10-4-7-15(12-22)21-18(23)13-5-2-1-3-6-13/h8-9,11,13,15H,1-7,10,12H2,(H,21,23). The number of hydrogen-bond acceptors (Lipinski definition) is 3. The topological polar surface area (TPSA) is 66.5 Å². The van der Waals surface area contributed by atoms with Crippen molar-refractivity contribution in [1.29, 1.82) is 0 Å².